The maximum atomic E-state index is 13.0. The van der Waals surface area contributed by atoms with Gasteiger partial charge in [-0.1, -0.05) is 30.3 Å². The van der Waals surface area contributed by atoms with Crippen LogP contribution in [0.4, 0.5) is 22.7 Å². The van der Waals surface area contributed by atoms with Gasteiger partial charge in [-0.2, -0.15) is 5.11 Å². The van der Waals surface area contributed by atoms with E-state index in [-0.39, 0.29) is 111 Å². The second kappa shape index (κ2) is 18.7. The fourth-order valence-corrected chi connectivity index (χ4v) is 6.91. The Bertz CT molecular complexity index is 2860. The number of carbonyl (C=O) groups excluding carboxylic acids is 2. The number of amides is 2. The molecular weight excluding hydrogens is 822 g/mol. The van der Waals surface area contributed by atoms with Gasteiger partial charge in [-0.25, -0.2) is 25.3 Å². The molecular formula is C34H21N4Na3O12S3. The van der Waals surface area contributed by atoms with E-state index in [1.165, 1.54) is 60.7 Å². The Morgan fingerprint density at radius 2 is 1.11 bits per heavy atom. The molecule has 0 bridgehead atoms. The number of rotatable bonds is 9. The molecule has 270 valence electrons. The molecule has 0 saturated heterocycles. The molecule has 22 heteroatoms. The van der Waals surface area contributed by atoms with Crippen molar-refractivity contribution in [3.05, 3.63) is 120 Å². The summed E-state index contributed by atoms with van der Waals surface area (Å²) in [7, 11) is -15.3. The predicted octanol–water partition coefficient (Wildman–Crippen LogP) is -3.66. The van der Waals surface area contributed by atoms with E-state index in [0.717, 1.165) is 18.2 Å². The third kappa shape index (κ3) is 10.9. The van der Waals surface area contributed by atoms with Gasteiger partial charge in [0.15, 0.2) is 5.75 Å². The quantitative estimate of drug-likeness (QED) is 0.0722. The minimum atomic E-state index is -5.42. The molecule has 0 radical (unpaired) electrons. The van der Waals surface area contributed by atoms with E-state index in [1.807, 2.05) is 0 Å². The Labute approximate surface area is 385 Å². The average molecular weight is 843 g/mol. The number of phenolic OH excluding ortho intramolecular Hbond substituents is 1. The van der Waals surface area contributed by atoms with Crippen molar-refractivity contribution in [2.75, 3.05) is 10.6 Å². The zero-order valence-electron chi connectivity index (χ0n) is 29.4. The van der Waals surface area contributed by atoms with Crippen LogP contribution < -0.4 is 99.3 Å². The van der Waals surface area contributed by atoms with Crippen LogP contribution in [-0.2, 0) is 30.4 Å². The topological polar surface area (TPSA) is 275 Å². The molecule has 0 unspecified atom stereocenters. The first-order valence-electron chi connectivity index (χ1n) is 14.8. The number of benzene rings is 6. The van der Waals surface area contributed by atoms with Crippen LogP contribution in [0, 0.1) is 0 Å². The molecule has 56 heavy (non-hydrogen) atoms. The van der Waals surface area contributed by atoms with Gasteiger partial charge in [0.25, 0.3) is 11.8 Å². The second-order valence-electron chi connectivity index (χ2n) is 11.2. The van der Waals surface area contributed by atoms with Gasteiger partial charge in [-0.15, -0.1) is 5.11 Å². The van der Waals surface area contributed by atoms with Crippen molar-refractivity contribution >= 4 is 86.5 Å². The summed E-state index contributed by atoms with van der Waals surface area (Å²) < 4.78 is 107. The summed E-state index contributed by atoms with van der Waals surface area (Å²) in [4.78, 5) is 23.5. The number of azo groups is 1. The predicted molar refractivity (Wildman–Crippen MR) is 186 cm³/mol. The van der Waals surface area contributed by atoms with Crippen LogP contribution in [0.3, 0.4) is 0 Å². The van der Waals surface area contributed by atoms with Gasteiger partial charge in [-0.3, -0.25) is 9.59 Å². The first-order valence-corrected chi connectivity index (χ1v) is 19.1. The van der Waals surface area contributed by atoms with Crippen LogP contribution in [0.5, 0.6) is 5.75 Å². The minimum Gasteiger partial charge on any atom is -0.744 e. The van der Waals surface area contributed by atoms with Crippen molar-refractivity contribution < 1.29 is 142 Å². The van der Waals surface area contributed by atoms with Gasteiger partial charge in [0, 0.05) is 22.2 Å². The molecule has 0 aromatic heterocycles. The van der Waals surface area contributed by atoms with E-state index in [0.29, 0.717) is 22.5 Å². The molecule has 6 rings (SSSR count). The number of phenols is 1. The zero-order valence-corrected chi connectivity index (χ0v) is 37.9. The summed E-state index contributed by atoms with van der Waals surface area (Å²) in [5.41, 5.74) is -0.665. The number of hydrogen-bond donors (Lipinski definition) is 3. The van der Waals surface area contributed by atoms with Gasteiger partial charge in [0.1, 0.15) is 36.0 Å². The first-order chi connectivity index (χ1) is 24.9. The molecule has 0 fully saturated rings. The summed E-state index contributed by atoms with van der Waals surface area (Å²) in [6.07, 6.45) is 0. The third-order valence-corrected chi connectivity index (χ3v) is 10.2. The molecule has 0 aliphatic heterocycles. The van der Waals surface area contributed by atoms with Crippen molar-refractivity contribution in [3.8, 4) is 5.75 Å². The molecule has 0 saturated carbocycles. The van der Waals surface area contributed by atoms with Gasteiger partial charge in [-0.05, 0) is 95.0 Å². The van der Waals surface area contributed by atoms with Gasteiger partial charge in [0.05, 0.1) is 26.1 Å². The molecule has 0 heterocycles. The van der Waals surface area contributed by atoms with E-state index < -0.39 is 79.4 Å². The Hall–Kier alpha value is -3.09. The summed E-state index contributed by atoms with van der Waals surface area (Å²) in [6, 6.07) is 23.4. The summed E-state index contributed by atoms with van der Waals surface area (Å²) >= 11 is 0. The number of fused-ring (bicyclic) bond motifs is 2. The maximum absolute atomic E-state index is 13.0. The molecule has 2 amide bonds. The van der Waals surface area contributed by atoms with E-state index >= 15 is 0 Å². The Balaban J connectivity index is 0.00000280. The van der Waals surface area contributed by atoms with Crippen molar-refractivity contribution in [2.45, 2.75) is 14.7 Å². The normalized spacial score (nSPS) is 11.6. The fourth-order valence-electron chi connectivity index (χ4n) is 5.22. The SMILES string of the molecule is O=C(Nc1ccc2cc(S(=O)(=O)[O-])ccc2c1)c1ccc(N=Nc2c(S(=O)(=O)[O-])cc3cc(S(=O)(=O)[O-])cc(NC(=O)c4ccccc4)c3c2O)cc1.[Na+].[Na+].[Na+]. The van der Waals surface area contributed by atoms with Crippen molar-refractivity contribution in [1.29, 1.82) is 0 Å². The molecule has 6 aromatic rings. The van der Waals surface area contributed by atoms with Crippen LogP contribution >= 0.6 is 0 Å². The summed E-state index contributed by atoms with van der Waals surface area (Å²) in [6.45, 7) is 0. The summed E-state index contributed by atoms with van der Waals surface area (Å²) in [5.74, 6) is -2.34. The Morgan fingerprint density at radius 1 is 0.554 bits per heavy atom. The van der Waals surface area contributed by atoms with E-state index in [9.17, 15) is 53.6 Å². The van der Waals surface area contributed by atoms with Gasteiger partial charge < -0.3 is 29.4 Å². The number of carbonyl (C=O) groups is 2. The van der Waals surface area contributed by atoms with Crippen LogP contribution in [0.15, 0.2) is 134 Å². The van der Waals surface area contributed by atoms with Crippen molar-refractivity contribution in [2.24, 2.45) is 10.2 Å². The monoisotopic (exact) mass is 842 g/mol. The number of aromatic hydroxyl groups is 1. The third-order valence-electron chi connectivity index (χ3n) is 7.72. The second-order valence-corrected chi connectivity index (χ2v) is 15.4. The summed E-state index contributed by atoms with van der Waals surface area (Å²) in [5, 5.41) is 24.2. The zero-order chi connectivity index (χ0) is 38.3. The molecule has 0 spiro atoms. The van der Waals surface area contributed by atoms with Crippen LogP contribution in [-0.4, -0.2) is 55.8 Å². The van der Waals surface area contributed by atoms with Crippen LogP contribution in [0.25, 0.3) is 21.5 Å². The molecule has 16 nitrogen and oxygen atoms in total. The number of nitrogens with one attached hydrogen (secondary N) is 2. The first kappa shape index (κ1) is 47.3. The van der Waals surface area contributed by atoms with Gasteiger partial charge >= 0.3 is 88.7 Å². The minimum absolute atomic E-state index is 0. The van der Waals surface area contributed by atoms with Crippen LogP contribution in [0.2, 0.25) is 0 Å². The standard InChI is InChI=1S/C34H24N4O12S3.3Na/c39-32-30-23(16-27(52(45,46)47)18-28(30)36-34(41)19-4-2-1-3-5-19)17-29(53(48,49)50)31(32)38-37-24-10-6-20(7-11-24)33(40)35-25-12-8-22-15-26(51(42,43)44)13-9-21(22)14-25;;;/h1-18,39H,(H,35,40)(H,36,41)(H,42,43,44)(H,45,46,47)(H,48,49,50);;;/q;3*+1/p-3. The van der Waals surface area contributed by atoms with Crippen molar-refractivity contribution in [1.82, 2.24) is 0 Å². The largest absolute Gasteiger partial charge is 1.00 e. The van der Waals surface area contributed by atoms with Crippen molar-refractivity contribution in [3.63, 3.8) is 0 Å². The molecule has 3 N–H and O–H groups in total. The smallest absolute Gasteiger partial charge is 0.744 e. The Kier molecular flexibility index (Phi) is 15.8. The maximum Gasteiger partial charge on any atom is 1.00 e. The van der Waals surface area contributed by atoms with E-state index in [2.05, 4.69) is 20.9 Å². The van der Waals surface area contributed by atoms with E-state index in [1.54, 1.807) is 24.3 Å². The Morgan fingerprint density at radius 3 is 1.71 bits per heavy atom. The number of hydrogen-bond acceptors (Lipinski definition) is 14. The molecule has 0 aliphatic carbocycles. The molecule has 6 aromatic carbocycles. The molecule has 0 atom stereocenters. The number of nitrogens with zero attached hydrogens (tertiary/aromatic N) is 2. The fraction of sp³-hybridized carbons (Fsp3) is 0. The number of anilines is 2. The average Bonchev–Trinajstić information content (AvgIpc) is 3.10. The molecule has 0 aliphatic rings. The van der Waals surface area contributed by atoms with Gasteiger partial charge in [0.2, 0.25) is 0 Å². The van der Waals surface area contributed by atoms with Crippen LogP contribution in [0.1, 0.15) is 20.7 Å². The van der Waals surface area contributed by atoms with E-state index in [4.69, 9.17) is 0 Å².